The highest BCUT2D eigenvalue weighted by atomic mass is 16.5. The monoisotopic (exact) mass is 291 g/mol. The summed E-state index contributed by atoms with van der Waals surface area (Å²) in [5, 5.41) is 6.13. The highest BCUT2D eigenvalue weighted by Crippen LogP contribution is 2.16. The summed E-state index contributed by atoms with van der Waals surface area (Å²) in [6.45, 7) is 4.87. The van der Waals surface area contributed by atoms with Gasteiger partial charge < -0.3 is 15.4 Å². The van der Waals surface area contributed by atoms with Crippen molar-refractivity contribution in [3.63, 3.8) is 0 Å². The average Bonchev–Trinajstić information content (AvgIpc) is 2.47. The molecule has 21 heavy (non-hydrogen) atoms. The van der Waals surface area contributed by atoms with Gasteiger partial charge in [-0.25, -0.2) is 4.98 Å². The third kappa shape index (κ3) is 4.43. The molecule has 0 aromatic carbocycles. The maximum atomic E-state index is 12.4. The number of carbonyl (C=O) groups excluding carboxylic acids is 1. The second kappa shape index (κ2) is 7.41. The van der Waals surface area contributed by atoms with Crippen molar-refractivity contribution in [2.75, 3.05) is 19.0 Å². The van der Waals surface area contributed by atoms with E-state index in [1.54, 1.807) is 6.07 Å². The Labute approximate surface area is 126 Å². The predicted octanol–water partition coefficient (Wildman–Crippen LogP) is 2.37. The Morgan fingerprint density at radius 3 is 2.95 bits per heavy atom. The first kappa shape index (κ1) is 15.8. The molecule has 0 spiro atoms. The molecule has 0 bridgehead atoms. The van der Waals surface area contributed by atoms with Crippen molar-refractivity contribution in [2.45, 2.75) is 51.7 Å². The van der Waals surface area contributed by atoms with E-state index in [-0.39, 0.29) is 18.1 Å². The Kier molecular flexibility index (Phi) is 5.56. The van der Waals surface area contributed by atoms with Crippen LogP contribution in [-0.4, -0.2) is 36.7 Å². The van der Waals surface area contributed by atoms with E-state index in [4.69, 9.17) is 4.74 Å². The van der Waals surface area contributed by atoms with Crippen molar-refractivity contribution in [1.29, 1.82) is 0 Å². The summed E-state index contributed by atoms with van der Waals surface area (Å²) in [6, 6.07) is 3.89. The fraction of sp³-hybridized carbons (Fsp3) is 0.625. The lowest BCUT2D eigenvalue weighted by atomic mass is 10.0. The molecule has 2 atom stereocenters. The van der Waals surface area contributed by atoms with E-state index in [2.05, 4.69) is 22.5 Å². The van der Waals surface area contributed by atoms with Gasteiger partial charge in [-0.1, -0.05) is 13.3 Å². The van der Waals surface area contributed by atoms with Gasteiger partial charge in [0.2, 0.25) is 0 Å². The largest absolute Gasteiger partial charge is 0.378 e. The van der Waals surface area contributed by atoms with Gasteiger partial charge in [-0.05, 0) is 38.3 Å². The fourth-order valence-electron chi connectivity index (χ4n) is 2.63. The number of pyridine rings is 1. The molecule has 5 heteroatoms. The molecular formula is C16H25N3O2. The van der Waals surface area contributed by atoms with Crippen LogP contribution in [0.3, 0.4) is 0 Å². The standard InChI is InChI=1S/C16H25N3O2/c1-4-5-13-9-12(10-15(17-3)18-13)16(20)19-14-6-7-21-11(2)8-14/h9-11,14H,4-8H2,1-3H3,(H,17,18)(H,19,20). The van der Waals surface area contributed by atoms with Crippen molar-refractivity contribution in [2.24, 2.45) is 0 Å². The number of amides is 1. The topological polar surface area (TPSA) is 63.2 Å². The van der Waals surface area contributed by atoms with Crippen LogP contribution in [0.15, 0.2) is 12.1 Å². The number of aryl methyl sites for hydroxylation is 1. The average molecular weight is 291 g/mol. The van der Waals surface area contributed by atoms with Gasteiger partial charge in [0, 0.05) is 31.0 Å². The maximum absolute atomic E-state index is 12.4. The summed E-state index contributed by atoms with van der Waals surface area (Å²) >= 11 is 0. The highest BCUT2D eigenvalue weighted by molar-refractivity contribution is 5.95. The second-order valence-corrected chi connectivity index (χ2v) is 5.61. The van der Waals surface area contributed by atoms with E-state index in [0.717, 1.165) is 37.2 Å². The number of aromatic nitrogens is 1. The Balaban J connectivity index is 2.08. The van der Waals surface area contributed by atoms with Gasteiger partial charge in [0.15, 0.2) is 0 Å². The molecule has 0 radical (unpaired) electrons. The number of nitrogens with zero attached hydrogens (tertiary/aromatic N) is 1. The molecule has 1 amide bonds. The molecular weight excluding hydrogens is 266 g/mol. The lowest BCUT2D eigenvalue weighted by Gasteiger charge is -2.28. The van der Waals surface area contributed by atoms with E-state index in [1.165, 1.54) is 0 Å². The van der Waals surface area contributed by atoms with Gasteiger partial charge in [-0.3, -0.25) is 4.79 Å². The van der Waals surface area contributed by atoms with E-state index in [9.17, 15) is 4.79 Å². The molecule has 2 heterocycles. The zero-order chi connectivity index (χ0) is 15.2. The van der Waals surface area contributed by atoms with Gasteiger partial charge in [0.05, 0.1) is 6.10 Å². The van der Waals surface area contributed by atoms with Crippen LogP contribution in [0.4, 0.5) is 5.82 Å². The molecule has 1 aromatic heterocycles. The molecule has 2 rings (SSSR count). The summed E-state index contributed by atoms with van der Waals surface area (Å²) in [5.74, 6) is 0.719. The van der Waals surface area contributed by atoms with Gasteiger partial charge in [-0.15, -0.1) is 0 Å². The molecule has 116 valence electrons. The minimum Gasteiger partial charge on any atom is -0.378 e. The van der Waals surface area contributed by atoms with Crippen LogP contribution < -0.4 is 10.6 Å². The van der Waals surface area contributed by atoms with Crippen molar-refractivity contribution in [3.05, 3.63) is 23.4 Å². The first-order valence-electron chi connectivity index (χ1n) is 7.73. The van der Waals surface area contributed by atoms with Crippen molar-refractivity contribution >= 4 is 11.7 Å². The molecule has 1 saturated heterocycles. The molecule has 2 unspecified atom stereocenters. The molecule has 1 fully saturated rings. The van der Waals surface area contributed by atoms with Crippen LogP contribution in [0, 0.1) is 0 Å². The minimum absolute atomic E-state index is 0.0228. The Morgan fingerprint density at radius 1 is 1.48 bits per heavy atom. The molecule has 5 nitrogen and oxygen atoms in total. The third-order valence-corrected chi connectivity index (χ3v) is 3.72. The SMILES string of the molecule is CCCc1cc(C(=O)NC2CCOC(C)C2)cc(NC)n1. The molecule has 0 saturated carbocycles. The zero-order valence-electron chi connectivity index (χ0n) is 13.1. The van der Waals surface area contributed by atoms with Crippen molar-refractivity contribution < 1.29 is 9.53 Å². The summed E-state index contributed by atoms with van der Waals surface area (Å²) in [4.78, 5) is 16.9. The number of rotatable bonds is 5. The smallest absolute Gasteiger partial charge is 0.251 e. The summed E-state index contributed by atoms with van der Waals surface area (Å²) in [7, 11) is 1.82. The fourth-order valence-corrected chi connectivity index (χ4v) is 2.63. The summed E-state index contributed by atoms with van der Waals surface area (Å²) < 4.78 is 5.51. The first-order valence-corrected chi connectivity index (χ1v) is 7.73. The van der Waals surface area contributed by atoms with Crippen molar-refractivity contribution in [1.82, 2.24) is 10.3 Å². The highest BCUT2D eigenvalue weighted by Gasteiger charge is 2.21. The van der Waals surface area contributed by atoms with Crippen LogP contribution >= 0.6 is 0 Å². The van der Waals surface area contributed by atoms with Gasteiger partial charge in [-0.2, -0.15) is 0 Å². The lowest BCUT2D eigenvalue weighted by molar-refractivity contribution is 0.0136. The first-order chi connectivity index (χ1) is 10.1. The zero-order valence-corrected chi connectivity index (χ0v) is 13.1. The Hall–Kier alpha value is -1.62. The molecule has 1 aliphatic rings. The van der Waals surface area contributed by atoms with Crippen LogP contribution in [0.2, 0.25) is 0 Å². The number of anilines is 1. The summed E-state index contributed by atoms with van der Waals surface area (Å²) in [6.07, 6.45) is 3.85. The van der Waals surface area contributed by atoms with Crippen LogP contribution in [0.5, 0.6) is 0 Å². The number of hydrogen-bond acceptors (Lipinski definition) is 4. The number of ether oxygens (including phenoxy) is 1. The minimum atomic E-state index is -0.0228. The molecule has 0 aliphatic carbocycles. The van der Waals surface area contributed by atoms with Crippen LogP contribution in [0.1, 0.15) is 49.2 Å². The van der Waals surface area contributed by atoms with Gasteiger partial charge >= 0.3 is 0 Å². The lowest BCUT2D eigenvalue weighted by Crippen LogP contribution is -2.41. The second-order valence-electron chi connectivity index (χ2n) is 5.61. The molecule has 1 aliphatic heterocycles. The maximum Gasteiger partial charge on any atom is 0.251 e. The number of hydrogen-bond donors (Lipinski definition) is 2. The normalized spacial score (nSPS) is 21.9. The van der Waals surface area contributed by atoms with E-state index < -0.39 is 0 Å². The van der Waals surface area contributed by atoms with E-state index >= 15 is 0 Å². The van der Waals surface area contributed by atoms with E-state index in [0.29, 0.717) is 12.2 Å². The summed E-state index contributed by atoms with van der Waals surface area (Å²) in [5.41, 5.74) is 1.63. The predicted molar refractivity (Wildman–Crippen MR) is 83.7 cm³/mol. The number of nitrogens with one attached hydrogen (secondary N) is 2. The Morgan fingerprint density at radius 2 is 2.29 bits per heavy atom. The van der Waals surface area contributed by atoms with Crippen LogP contribution in [-0.2, 0) is 11.2 Å². The Bertz CT molecular complexity index is 490. The quantitative estimate of drug-likeness (QED) is 0.874. The van der Waals surface area contributed by atoms with E-state index in [1.807, 2.05) is 20.0 Å². The third-order valence-electron chi connectivity index (χ3n) is 3.72. The van der Waals surface area contributed by atoms with Gasteiger partial charge in [0.1, 0.15) is 5.82 Å². The molecule has 2 N–H and O–H groups in total. The number of carbonyl (C=O) groups is 1. The van der Waals surface area contributed by atoms with Gasteiger partial charge in [0.25, 0.3) is 5.91 Å². The molecule has 1 aromatic rings. The van der Waals surface area contributed by atoms with Crippen LogP contribution in [0.25, 0.3) is 0 Å². The van der Waals surface area contributed by atoms with Crippen molar-refractivity contribution in [3.8, 4) is 0 Å².